The van der Waals surface area contributed by atoms with Crippen LogP contribution >= 0.6 is 11.3 Å². The summed E-state index contributed by atoms with van der Waals surface area (Å²) in [4.78, 5) is 42.1. The van der Waals surface area contributed by atoms with Crippen molar-refractivity contribution in [1.29, 1.82) is 0 Å². The summed E-state index contributed by atoms with van der Waals surface area (Å²) in [5, 5.41) is 0. The van der Waals surface area contributed by atoms with Crippen molar-refractivity contribution in [2.24, 2.45) is 11.3 Å². The van der Waals surface area contributed by atoms with Crippen LogP contribution in [-0.2, 0) is 4.79 Å². The maximum Gasteiger partial charge on any atom is 0.284 e. The van der Waals surface area contributed by atoms with Crippen LogP contribution in [0.15, 0.2) is 57.2 Å². The lowest BCUT2D eigenvalue weighted by Gasteiger charge is -2.18. The van der Waals surface area contributed by atoms with E-state index in [2.05, 4.69) is 40.3 Å². The molecule has 190 valence electrons. The van der Waals surface area contributed by atoms with Crippen molar-refractivity contribution in [2.45, 2.75) is 38.6 Å². The first kappa shape index (κ1) is 22.2. The highest BCUT2D eigenvalue weighted by molar-refractivity contribution is 7.16. The molecule has 8 nitrogen and oxygen atoms in total. The number of hydrogen-bond donors (Lipinski definition) is 0. The molecule has 2 aliphatic carbocycles. The van der Waals surface area contributed by atoms with Crippen LogP contribution in [0, 0.1) is 18.3 Å². The summed E-state index contributed by atoms with van der Waals surface area (Å²) in [7, 11) is 0. The average molecular weight is 524 g/mol. The van der Waals surface area contributed by atoms with Crippen LogP contribution in [0.1, 0.15) is 37.6 Å². The van der Waals surface area contributed by atoms with Crippen LogP contribution in [-0.4, -0.2) is 43.4 Å². The fourth-order valence-corrected chi connectivity index (χ4v) is 6.79. The van der Waals surface area contributed by atoms with Crippen molar-refractivity contribution >= 4 is 38.7 Å². The Kier molecular flexibility index (Phi) is 4.57. The number of aryl methyl sites for hydroxylation is 1. The highest BCUT2D eigenvalue weighted by Gasteiger charge is 2.60. The Balaban J connectivity index is 1.18. The van der Waals surface area contributed by atoms with Crippen LogP contribution in [0.25, 0.3) is 44.0 Å². The summed E-state index contributed by atoms with van der Waals surface area (Å²) >= 11 is 1.63. The highest BCUT2D eigenvalue weighted by atomic mass is 32.1. The number of benzene rings is 2. The van der Waals surface area contributed by atoms with E-state index in [1.54, 1.807) is 18.3 Å². The fourth-order valence-electron chi connectivity index (χ4n) is 6.14. The predicted molar refractivity (Wildman–Crippen MR) is 145 cm³/mol. The van der Waals surface area contributed by atoms with Gasteiger partial charge in [0.25, 0.3) is 11.3 Å². The molecule has 8 rings (SSSR count). The van der Waals surface area contributed by atoms with Crippen LogP contribution in [0.5, 0.6) is 0 Å². The molecule has 2 atom stereocenters. The molecule has 9 heteroatoms. The molecule has 1 saturated heterocycles. The van der Waals surface area contributed by atoms with E-state index in [9.17, 15) is 9.59 Å². The topological polar surface area (TPSA) is 94.1 Å². The van der Waals surface area contributed by atoms with Gasteiger partial charge in [-0.3, -0.25) is 14.2 Å². The zero-order valence-electron chi connectivity index (χ0n) is 20.9. The SMILES string of the molecule is Cc1nc2c(=O)n(C3CC34CCN(C(=O)C3CC3)C4)c(-c3ccc(-c4ccc5scnc5c4)cc3)nc2o1. The molecule has 38 heavy (non-hydrogen) atoms. The lowest BCUT2D eigenvalue weighted by Crippen LogP contribution is -2.31. The predicted octanol–water partition coefficient (Wildman–Crippen LogP) is 5.21. The van der Waals surface area contributed by atoms with Gasteiger partial charge < -0.3 is 9.32 Å². The number of nitrogens with zero attached hydrogens (tertiary/aromatic N) is 5. The number of carbonyl (C=O) groups is 1. The van der Waals surface area contributed by atoms with Crippen LogP contribution in [0.2, 0.25) is 0 Å². The van der Waals surface area contributed by atoms with Gasteiger partial charge in [0, 0.05) is 43.0 Å². The molecule has 1 spiro atoms. The molecule has 0 bridgehead atoms. The first-order chi connectivity index (χ1) is 18.5. The molecule has 1 aliphatic heterocycles. The number of thiazole rings is 1. The molecule has 2 unspecified atom stereocenters. The molecule has 0 N–H and O–H groups in total. The van der Waals surface area contributed by atoms with Gasteiger partial charge in [-0.25, -0.2) is 9.97 Å². The maximum atomic E-state index is 13.8. The molecule has 0 radical (unpaired) electrons. The molecule has 2 aromatic carbocycles. The minimum atomic E-state index is -0.172. The minimum absolute atomic E-state index is 0.0114. The first-order valence-electron chi connectivity index (χ1n) is 13.1. The molecule has 3 fully saturated rings. The second-order valence-electron chi connectivity index (χ2n) is 11.0. The smallest absolute Gasteiger partial charge is 0.284 e. The van der Waals surface area contributed by atoms with E-state index < -0.39 is 0 Å². The lowest BCUT2D eigenvalue weighted by atomic mass is 10.0. The molecular weight excluding hydrogens is 498 g/mol. The van der Waals surface area contributed by atoms with E-state index in [4.69, 9.17) is 9.40 Å². The van der Waals surface area contributed by atoms with Crippen molar-refractivity contribution in [3.8, 4) is 22.5 Å². The summed E-state index contributed by atoms with van der Waals surface area (Å²) in [5.74, 6) is 1.52. The van der Waals surface area contributed by atoms with Gasteiger partial charge in [0.15, 0.2) is 11.4 Å². The Bertz CT molecular complexity index is 1820. The van der Waals surface area contributed by atoms with Gasteiger partial charge in [0.2, 0.25) is 5.91 Å². The van der Waals surface area contributed by atoms with Crippen molar-refractivity contribution in [3.63, 3.8) is 0 Å². The summed E-state index contributed by atoms with van der Waals surface area (Å²) in [5.41, 5.74) is 6.16. The van der Waals surface area contributed by atoms with E-state index in [1.807, 2.05) is 27.1 Å². The van der Waals surface area contributed by atoms with Crippen LogP contribution in [0.4, 0.5) is 0 Å². The van der Waals surface area contributed by atoms with Gasteiger partial charge >= 0.3 is 0 Å². The second-order valence-corrected chi connectivity index (χ2v) is 11.9. The number of fused-ring (bicyclic) bond motifs is 2. The number of oxazole rings is 1. The largest absolute Gasteiger partial charge is 0.422 e. The molecule has 3 aromatic heterocycles. The van der Waals surface area contributed by atoms with E-state index >= 15 is 0 Å². The maximum absolute atomic E-state index is 13.8. The third kappa shape index (κ3) is 3.37. The van der Waals surface area contributed by atoms with Crippen molar-refractivity contribution in [2.75, 3.05) is 13.1 Å². The van der Waals surface area contributed by atoms with Crippen molar-refractivity contribution in [3.05, 3.63) is 64.2 Å². The van der Waals surface area contributed by atoms with E-state index in [0.29, 0.717) is 18.3 Å². The quantitative estimate of drug-likeness (QED) is 0.321. The number of hydrogen-bond acceptors (Lipinski definition) is 7. The fraction of sp³-hybridized carbons (Fsp3) is 0.345. The van der Waals surface area contributed by atoms with Gasteiger partial charge in [-0.1, -0.05) is 30.3 Å². The molecule has 3 aliphatic rings. The molecular formula is C29H25N5O3S. The van der Waals surface area contributed by atoms with Gasteiger partial charge in [0.05, 0.1) is 15.7 Å². The van der Waals surface area contributed by atoms with E-state index in [1.165, 1.54) is 0 Å². The summed E-state index contributed by atoms with van der Waals surface area (Å²) < 4.78 is 8.69. The van der Waals surface area contributed by atoms with Gasteiger partial charge in [-0.05, 0) is 48.9 Å². The Morgan fingerprint density at radius 1 is 1.08 bits per heavy atom. The van der Waals surface area contributed by atoms with E-state index in [-0.39, 0.29) is 40.1 Å². The number of rotatable bonds is 4. The normalized spacial score (nSPS) is 22.7. The molecule has 2 saturated carbocycles. The first-order valence-corrected chi connectivity index (χ1v) is 14.0. The van der Waals surface area contributed by atoms with Gasteiger partial charge in [0.1, 0.15) is 5.82 Å². The number of aromatic nitrogens is 4. The number of carbonyl (C=O) groups excluding carboxylic acids is 1. The lowest BCUT2D eigenvalue weighted by molar-refractivity contribution is -0.131. The van der Waals surface area contributed by atoms with Crippen LogP contribution in [0.3, 0.4) is 0 Å². The molecule has 4 heterocycles. The van der Waals surface area contributed by atoms with Crippen molar-refractivity contribution < 1.29 is 9.21 Å². The monoisotopic (exact) mass is 523 g/mol. The number of amides is 1. The zero-order valence-corrected chi connectivity index (χ0v) is 21.7. The second kappa shape index (κ2) is 7.83. The highest BCUT2D eigenvalue weighted by Crippen LogP contribution is 2.62. The standard InChI is InChI=1S/C29H25N5O3S/c1-16-31-24-26(37-16)32-25(18-4-2-17(3-5-18)20-8-9-22-21(12-20)30-15-38-22)34(28(24)36)23-13-29(23)10-11-33(14-29)27(35)19-6-7-19/h2-5,8-9,12,15,19,23H,6-7,10-11,13-14H2,1H3. The Labute approximate surface area is 222 Å². The Morgan fingerprint density at radius 3 is 2.68 bits per heavy atom. The third-order valence-corrected chi connectivity index (χ3v) is 9.27. The minimum Gasteiger partial charge on any atom is -0.422 e. The van der Waals surface area contributed by atoms with E-state index in [0.717, 1.165) is 59.1 Å². The van der Waals surface area contributed by atoms with Crippen molar-refractivity contribution in [1.82, 2.24) is 24.4 Å². The molecule has 1 amide bonds. The average Bonchev–Trinajstić information content (AvgIpc) is 3.71. The zero-order chi connectivity index (χ0) is 25.6. The van der Waals surface area contributed by atoms with Crippen LogP contribution < -0.4 is 5.56 Å². The summed E-state index contributed by atoms with van der Waals surface area (Å²) in [6.07, 6.45) is 3.80. The Hall–Kier alpha value is -3.85. The van der Waals surface area contributed by atoms with Gasteiger partial charge in [-0.2, -0.15) is 4.98 Å². The summed E-state index contributed by atoms with van der Waals surface area (Å²) in [6, 6.07) is 14.4. The van der Waals surface area contributed by atoms with Gasteiger partial charge in [-0.15, -0.1) is 11.3 Å². The Morgan fingerprint density at radius 2 is 1.87 bits per heavy atom. The third-order valence-electron chi connectivity index (χ3n) is 8.46. The summed E-state index contributed by atoms with van der Waals surface area (Å²) in [6.45, 7) is 3.22. The number of likely N-dealkylation sites (tertiary alicyclic amines) is 1. The molecule has 5 aromatic rings.